The first-order chi connectivity index (χ1) is 26.7. The molecule has 0 aliphatic carbocycles. The maximum absolute atomic E-state index is 13.7. The van der Waals surface area contributed by atoms with Gasteiger partial charge in [-0.1, -0.05) is 23.8 Å². The molecule has 0 N–H and O–H groups in total. The van der Waals surface area contributed by atoms with Crippen molar-refractivity contribution in [1.29, 1.82) is 0 Å². The second-order valence-corrected chi connectivity index (χ2v) is 13.4. The summed E-state index contributed by atoms with van der Waals surface area (Å²) in [4.78, 5) is 64.4. The number of aromatic nitrogens is 2. The fourth-order valence-electron chi connectivity index (χ4n) is 7.11. The number of aryl methyl sites for hydroxylation is 2. The number of ether oxygens (including phenoxy) is 1. The largest absolute Gasteiger partial charge is 0.457 e. The molecule has 4 heterocycles. The van der Waals surface area contributed by atoms with E-state index in [2.05, 4.69) is 9.97 Å². The van der Waals surface area contributed by atoms with E-state index < -0.39 is 11.8 Å². The summed E-state index contributed by atoms with van der Waals surface area (Å²) in [5.41, 5.74) is 8.12. The topological polar surface area (TPSA) is 136 Å². The summed E-state index contributed by atoms with van der Waals surface area (Å²) in [6.07, 6.45) is 0. The third-order valence-corrected chi connectivity index (χ3v) is 9.82. The summed E-state index contributed by atoms with van der Waals surface area (Å²) in [5, 5.41) is 0. The maximum atomic E-state index is 13.7. The minimum absolute atomic E-state index is 0.245. The van der Waals surface area contributed by atoms with E-state index in [4.69, 9.17) is 13.6 Å². The smallest absolute Gasteiger partial charge is 0.266 e. The van der Waals surface area contributed by atoms with Crippen LogP contribution in [0.3, 0.4) is 0 Å². The molecule has 2 aromatic heterocycles. The van der Waals surface area contributed by atoms with Gasteiger partial charge in [-0.25, -0.2) is 19.8 Å². The number of fused-ring (bicyclic) bond motifs is 4. The molecule has 6 aromatic carbocycles. The second kappa shape index (κ2) is 11.9. The highest BCUT2D eigenvalue weighted by Gasteiger charge is 2.38. The molecule has 11 heteroatoms. The Balaban J connectivity index is 0.848. The van der Waals surface area contributed by atoms with Crippen LogP contribution in [-0.4, -0.2) is 33.6 Å². The van der Waals surface area contributed by atoms with Crippen LogP contribution in [0, 0.1) is 13.8 Å². The summed E-state index contributed by atoms with van der Waals surface area (Å²) in [5.74, 6) is 0.197. The molecule has 4 amide bonds. The van der Waals surface area contributed by atoms with Crippen LogP contribution in [0.5, 0.6) is 11.5 Å². The average molecular weight is 723 g/mol. The molecule has 0 unspecified atom stereocenters. The number of anilines is 2. The number of carbonyl (C=O) groups is 4. The van der Waals surface area contributed by atoms with Gasteiger partial charge in [0.25, 0.3) is 23.6 Å². The van der Waals surface area contributed by atoms with Crippen molar-refractivity contribution in [2.24, 2.45) is 0 Å². The summed E-state index contributed by atoms with van der Waals surface area (Å²) in [6, 6.07) is 34.9. The number of rotatable bonds is 6. The Bertz CT molecular complexity index is 2960. The molecule has 0 saturated carbocycles. The number of amides is 4. The van der Waals surface area contributed by atoms with Crippen LogP contribution in [-0.2, 0) is 0 Å². The second-order valence-electron chi connectivity index (χ2n) is 13.4. The zero-order valence-electron chi connectivity index (χ0n) is 29.2. The lowest BCUT2D eigenvalue weighted by atomic mass is 10.1. The molecule has 0 fully saturated rings. The van der Waals surface area contributed by atoms with Gasteiger partial charge < -0.3 is 13.6 Å². The van der Waals surface area contributed by atoms with Gasteiger partial charge in [-0.05, 0) is 121 Å². The van der Waals surface area contributed by atoms with E-state index >= 15 is 0 Å². The molecule has 0 saturated heterocycles. The highest BCUT2D eigenvalue weighted by atomic mass is 16.5. The summed E-state index contributed by atoms with van der Waals surface area (Å²) >= 11 is 0. The SMILES string of the molecule is Cc1ccc2c(c1)C(=O)N(c1ccc(Oc3ccc(N4C(=O)c5ccc(-c6nc7ccc(-c8ccc9nc(C)oc9c8)cc7o6)cc5C4=O)cc3)cc1)C2=O. The van der Waals surface area contributed by atoms with Gasteiger partial charge in [-0.3, -0.25) is 19.2 Å². The summed E-state index contributed by atoms with van der Waals surface area (Å²) < 4.78 is 17.9. The highest BCUT2D eigenvalue weighted by Crippen LogP contribution is 2.36. The minimum atomic E-state index is -0.467. The van der Waals surface area contributed by atoms with Crippen LogP contribution < -0.4 is 14.5 Å². The lowest BCUT2D eigenvalue weighted by Gasteiger charge is -2.16. The molecule has 8 aromatic rings. The zero-order chi connectivity index (χ0) is 37.5. The van der Waals surface area contributed by atoms with Gasteiger partial charge >= 0.3 is 0 Å². The number of benzene rings is 6. The lowest BCUT2D eigenvalue weighted by molar-refractivity contribution is 0.0910. The van der Waals surface area contributed by atoms with Gasteiger partial charge in [0.05, 0.1) is 33.6 Å². The molecular formula is C44H26N4O7. The monoisotopic (exact) mass is 722 g/mol. The van der Waals surface area contributed by atoms with Crippen molar-refractivity contribution in [1.82, 2.24) is 9.97 Å². The van der Waals surface area contributed by atoms with E-state index in [9.17, 15) is 19.2 Å². The maximum Gasteiger partial charge on any atom is 0.266 e. The van der Waals surface area contributed by atoms with E-state index in [1.54, 1.807) is 84.9 Å². The van der Waals surface area contributed by atoms with Gasteiger partial charge in [0.2, 0.25) is 5.89 Å². The van der Waals surface area contributed by atoms with E-state index in [-0.39, 0.29) is 22.9 Å². The number of hydrogen-bond acceptors (Lipinski definition) is 9. The van der Waals surface area contributed by atoms with Crippen molar-refractivity contribution in [2.45, 2.75) is 13.8 Å². The first kappa shape index (κ1) is 32.0. The van der Waals surface area contributed by atoms with Crippen LogP contribution >= 0.6 is 0 Å². The van der Waals surface area contributed by atoms with Crippen molar-refractivity contribution in [3.05, 3.63) is 155 Å². The molecule has 2 aliphatic heterocycles. The Labute approximate surface area is 312 Å². The normalized spacial score (nSPS) is 13.7. The predicted molar refractivity (Wildman–Crippen MR) is 204 cm³/mol. The molecule has 10 rings (SSSR count). The minimum Gasteiger partial charge on any atom is -0.457 e. The third kappa shape index (κ3) is 5.20. The molecule has 0 spiro atoms. The van der Waals surface area contributed by atoms with Gasteiger partial charge in [-0.15, -0.1) is 0 Å². The van der Waals surface area contributed by atoms with Crippen molar-refractivity contribution >= 4 is 57.2 Å². The standard InChI is InChI=1S/C44H26N4O7/c1-23-3-15-32-34(19-23)43(51)47(41(32)49)28-7-11-30(12-8-28)54-31-13-9-29(10-14-31)48-42(50)33-16-4-27(20-35(33)44(48)52)40-46-37-18-6-26(22-39(37)55-40)25-5-17-36-38(21-25)53-24(2)45-36/h3-22H,1-2H3. The highest BCUT2D eigenvalue weighted by molar-refractivity contribution is 6.35. The van der Waals surface area contributed by atoms with Crippen LogP contribution in [0.4, 0.5) is 11.4 Å². The molecule has 55 heavy (non-hydrogen) atoms. The quantitative estimate of drug-likeness (QED) is 0.154. The number of nitrogens with zero attached hydrogens (tertiary/aromatic N) is 4. The summed E-state index contributed by atoms with van der Waals surface area (Å²) in [7, 11) is 0. The van der Waals surface area contributed by atoms with Crippen LogP contribution in [0.1, 0.15) is 52.9 Å². The molecule has 2 aliphatic rings. The van der Waals surface area contributed by atoms with E-state index in [0.29, 0.717) is 68.0 Å². The Morgan fingerprint density at radius 1 is 0.473 bits per heavy atom. The van der Waals surface area contributed by atoms with Gasteiger partial charge in [0.1, 0.15) is 22.5 Å². The van der Waals surface area contributed by atoms with Crippen LogP contribution in [0.2, 0.25) is 0 Å². The Morgan fingerprint density at radius 3 is 1.56 bits per heavy atom. The molecule has 0 atom stereocenters. The summed E-state index contributed by atoms with van der Waals surface area (Å²) in [6.45, 7) is 3.68. The Hall–Kier alpha value is -7.66. The first-order valence-electron chi connectivity index (χ1n) is 17.4. The predicted octanol–water partition coefficient (Wildman–Crippen LogP) is 9.31. The van der Waals surface area contributed by atoms with Gasteiger partial charge in [0, 0.05) is 12.5 Å². The van der Waals surface area contributed by atoms with Crippen molar-refractivity contribution in [3.8, 4) is 34.1 Å². The molecular weight excluding hydrogens is 697 g/mol. The first-order valence-corrected chi connectivity index (χ1v) is 17.4. The molecule has 0 radical (unpaired) electrons. The lowest BCUT2D eigenvalue weighted by Crippen LogP contribution is -2.29. The number of imide groups is 2. The van der Waals surface area contributed by atoms with Gasteiger partial charge in [0.15, 0.2) is 17.1 Å². The van der Waals surface area contributed by atoms with E-state index in [1.807, 2.05) is 50.2 Å². The number of carbonyl (C=O) groups excluding carboxylic acids is 4. The zero-order valence-corrected chi connectivity index (χ0v) is 29.2. The van der Waals surface area contributed by atoms with Crippen LogP contribution in [0.25, 0.3) is 44.8 Å². The van der Waals surface area contributed by atoms with Gasteiger partial charge in [-0.2, -0.15) is 0 Å². The van der Waals surface area contributed by atoms with Crippen molar-refractivity contribution < 1.29 is 32.7 Å². The van der Waals surface area contributed by atoms with Crippen molar-refractivity contribution in [2.75, 3.05) is 9.80 Å². The van der Waals surface area contributed by atoms with E-state index in [0.717, 1.165) is 32.0 Å². The average Bonchev–Trinajstić information content (AvgIpc) is 3.92. The fourth-order valence-corrected chi connectivity index (χ4v) is 7.11. The van der Waals surface area contributed by atoms with E-state index in [1.165, 1.54) is 0 Å². The third-order valence-electron chi connectivity index (χ3n) is 9.82. The number of oxazole rings is 2. The fraction of sp³-hybridized carbons (Fsp3) is 0.0455. The molecule has 11 nitrogen and oxygen atoms in total. The Kier molecular flexibility index (Phi) is 6.95. The van der Waals surface area contributed by atoms with Crippen molar-refractivity contribution in [3.63, 3.8) is 0 Å². The molecule has 0 bridgehead atoms. The van der Waals surface area contributed by atoms with Crippen LogP contribution in [0.15, 0.2) is 130 Å². The number of hydrogen-bond donors (Lipinski definition) is 0. The Morgan fingerprint density at radius 2 is 0.964 bits per heavy atom. The molecule has 264 valence electrons.